The molecule has 0 bridgehead atoms. The van der Waals surface area contributed by atoms with Crippen LogP contribution >= 0.6 is 0 Å². The van der Waals surface area contributed by atoms with E-state index in [1.54, 1.807) is 0 Å². The van der Waals surface area contributed by atoms with Gasteiger partial charge in [0.15, 0.2) is 0 Å². The van der Waals surface area contributed by atoms with E-state index in [9.17, 15) is 19.8 Å². The fraction of sp³-hybridized carbons (Fsp3) is 0.600. The highest BCUT2D eigenvalue weighted by Gasteiger charge is 2.59. The second-order valence-electron chi connectivity index (χ2n) is 7.89. The highest BCUT2D eigenvalue weighted by Crippen LogP contribution is 2.56. The van der Waals surface area contributed by atoms with Gasteiger partial charge in [0, 0.05) is 11.0 Å². The van der Waals surface area contributed by atoms with Crippen molar-refractivity contribution in [3.63, 3.8) is 0 Å². The van der Waals surface area contributed by atoms with Crippen LogP contribution in [0.1, 0.15) is 40.0 Å². The molecule has 6 heteroatoms. The fourth-order valence-corrected chi connectivity index (χ4v) is 4.57. The topological polar surface area (TPSA) is 93.1 Å². The zero-order valence-electron chi connectivity index (χ0n) is 15.4. The summed E-state index contributed by atoms with van der Waals surface area (Å²) in [6.45, 7) is 12.7. The molecule has 3 rings (SSSR count). The molecule has 3 aliphatic rings. The lowest BCUT2D eigenvalue weighted by Gasteiger charge is -2.50. The first kappa shape index (κ1) is 18.9. The normalized spacial score (nSPS) is 37.6. The molecule has 0 aromatic heterocycles. The van der Waals surface area contributed by atoms with Crippen LogP contribution < -0.4 is 0 Å². The van der Waals surface area contributed by atoms with E-state index in [0.29, 0.717) is 12.8 Å². The van der Waals surface area contributed by atoms with Crippen molar-refractivity contribution in [1.29, 1.82) is 0 Å². The molecule has 1 saturated carbocycles. The van der Waals surface area contributed by atoms with E-state index in [-0.39, 0.29) is 11.1 Å². The van der Waals surface area contributed by atoms with Crippen molar-refractivity contribution in [2.45, 2.75) is 64.4 Å². The predicted octanol–water partition coefficient (Wildman–Crippen LogP) is 1.81. The average Bonchev–Trinajstić information content (AvgIpc) is 2.85. The molecule has 1 heterocycles. The first-order valence-electron chi connectivity index (χ1n) is 8.93. The number of fused-ring (bicyclic) bond motifs is 3. The van der Waals surface area contributed by atoms with E-state index < -0.39 is 47.7 Å². The first-order chi connectivity index (χ1) is 12.1. The van der Waals surface area contributed by atoms with E-state index >= 15 is 0 Å². The SMILES string of the molecule is C=C1C(=O)O[C@@H]2C3=C(C)CC[C@H](O)[C@@]3(C)C[C@@H](OC(=O)C(=C)[C@H](C)O)[C@H]12. The zero-order chi connectivity index (χ0) is 19.4. The van der Waals surface area contributed by atoms with E-state index in [0.717, 1.165) is 17.6 Å². The molecule has 142 valence electrons. The summed E-state index contributed by atoms with van der Waals surface area (Å²) < 4.78 is 11.2. The number of rotatable bonds is 3. The van der Waals surface area contributed by atoms with Gasteiger partial charge in [0.2, 0.25) is 0 Å². The third-order valence-electron chi connectivity index (χ3n) is 6.16. The van der Waals surface area contributed by atoms with Crippen molar-refractivity contribution in [2.75, 3.05) is 0 Å². The van der Waals surface area contributed by atoms with Crippen molar-refractivity contribution in [3.05, 3.63) is 35.5 Å². The molecule has 2 N–H and O–H groups in total. The van der Waals surface area contributed by atoms with Gasteiger partial charge in [0.25, 0.3) is 0 Å². The summed E-state index contributed by atoms with van der Waals surface area (Å²) in [7, 11) is 0. The Kier molecular flexibility index (Phi) is 4.61. The van der Waals surface area contributed by atoms with Crippen LogP contribution in [0.5, 0.6) is 0 Å². The van der Waals surface area contributed by atoms with E-state index in [4.69, 9.17) is 9.47 Å². The fourth-order valence-electron chi connectivity index (χ4n) is 4.57. The maximum absolute atomic E-state index is 12.3. The average molecular weight is 362 g/mol. The number of ether oxygens (including phenoxy) is 2. The van der Waals surface area contributed by atoms with Crippen LogP contribution in [0, 0.1) is 11.3 Å². The Morgan fingerprint density at radius 2 is 2.12 bits per heavy atom. The first-order valence-corrected chi connectivity index (χ1v) is 8.93. The lowest BCUT2D eigenvalue weighted by Crippen LogP contribution is -2.53. The summed E-state index contributed by atoms with van der Waals surface area (Å²) in [6.07, 6.45) is -1.20. The molecule has 6 atom stereocenters. The second-order valence-corrected chi connectivity index (χ2v) is 7.89. The van der Waals surface area contributed by atoms with Crippen molar-refractivity contribution in [3.8, 4) is 0 Å². The summed E-state index contributed by atoms with van der Waals surface area (Å²) in [5, 5.41) is 20.3. The highest BCUT2D eigenvalue weighted by molar-refractivity contribution is 5.92. The number of carbonyl (C=O) groups excluding carboxylic acids is 2. The molecule has 1 saturated heterocycles. The van der Waals surface area contributed by atoms with Gasteiger partial charge in [-0.15, -0.1) is 0 Å². The van der Waals surface area contributed by atoms with Crippen molar-refractivity contribution < 1.29 is 29.3 Å². The third-order valence-corrected chi connectivity index (χ3v) is 6.16. The lowest BCUT2D eigenvalue weighted by molar-refractivity contribution is -0.156. The Balaban J connectivity index is 2.00. The van der Waals surface area contributed by atoms with Gasteiger partial charge in [0.05, 0.1) is 23.7 Å². The Bertz CT molecular complexity index is 718. The zero-order valence-corrected chi connectivity index (χ0v) is 15.4. The molecular weight excluding hydrogens is 336 g/mol. The minimum atomic E-state index is -1.03. The van der Waals surface area contributed by atoms with Gasteiger partial charge in [-0.1, -0.05) is 25.7 Å². The smallest absolute Gasteiger partial charge is 0.336 e. The molecule has 2 fully saturated rings. The standard InChI is InChI=1S/C20H26O6/c1-9-6-7-14(22)20(5)8-13(25-18(23)10(2)12(4)21)15-11(3)19(24)26-17(15)16(9)20/h12-15,17,21-22H,2-3,6-8H2,1,4-5H3/t12-,13+,14-,15-,17-,20+/m0/s1. The number of hydrogen-bond donors (Lipinski definition) is 2. The monoisotopic (exact) mass is 362 g/mol. The Labute approximate surface area is 153 Å². The molecule has 0 aromatic carbocycles. The third kappa shape index (κ3) is 2.72. The Morgan fingerprint density at radius 1 is 1.46 bits per heavy atom. The lowest BCUT2D eigenvalue weighted by atomic mass is 9.58. The molecule has 1 aliphatic heterocycles. The van der Waals surface area contributed by atoms with Gasteiger partial charge in [0.1, 0.15) is 12.2 Å². The van der Waals surface area contributed by atoms with E-state index in [1.807, 2.05) is 13.8 Å². The number of esters is 2. The van der Waals surface area contributed by atoms with Gasteiger partial charge < -0.3 is 19.7 Å². The highest BCUT2D eigenvalue weighted by atomic mass is 16.6. The molecule has 0 spiro atoms. The maximum Gasteiger partial charge on any atom is 0.336 e. The summed E-state index contributed by atoms with van der Waals surface area (Å²) in [5.74, 6) is -1.70. The summed E-state index contributed by atoms with van der Waals surface area (Å²) >= 11 is 0. The van der Waals surface area contributed by atoms with Crippen molar-refractivity contribution >= 4 is 11.9 Å². The number of aliphatic hydroxyl groups excluding tert-OH is 2. The minimum Gasteiger partial charge on any atom is -0.458 e. The maximum atomic E-state index is 12.3. The second kappa shape index (κ2) is 6.35. The molecule has 0 unspecified atom stereocenters. The molecule has 0 radical (unpaired) electrons. The van der Waals surface area contributed by atoms with Gasteiger partial charge in [-0.3, -0.25) is 0 Å². The van der Waals surface area contributed by atoms with Crippen LogP contribution in [-0.2, 0) is 19.1 Å². The predicted molar refractivity (Wildman–Crippen MR) is 93.9 cm³/mol. The van der Waals surface area contributed by atoms with Crippen molar-refractivity contribution in [1.82, 2.24) is 0 Å². The van der Waals surface area contributed by atoms with Crippen LogP contribution in [0.25, 0.3) is 0 Å². The van der Waals surface area contributed by atoms with E-state index in [2.05, 4.69) is 13.2 Å². The van der Waals surface area contributed by atoms with Crippen LogP contribution in [0.3, 0.4) is 0 Å². The molecule has 26 heavy (non-hydrogen) atoms. The number of allylic oxidation sites excluding steroid dienone is 1. The summed E-state index contributed by atoms with van der Waals surface area (Å²) in [6, 6.07) is 0. The quantitative estimate of drug-likeness (QED) is 0.452. The molecule has 0 amide bonds. The van der Waals surface area contributed by atoms with Crippen LogP contribution in [0.4, 0.5) is 0 Å². The van der Waals surface area contributed by atoms with Crippen molar-refractivity contribution in [2.24, 2.45) is 11.3 Å². The Morgan fingerprint density at radius 3 is 2.73 bits per heavy atom. The number of aliphatic hydroxyl groups is 2. The largest absolute Gasteiger partial charge is 0.458 e. The molecule has 2 aliphatic carbocycles. The van der Waals surface area contributed by atoms with Crippen LogP contribution in [0.2, 0.25) is 0 Å². The number of carbonyl (C=O) groups is 2. The van der Waals surface area contributed by atoms with Gasteiger partial charge in [-0.05, 0) is 38.7 Å². The summed E-state index contributed by atoms with van der Waals surface area (Å²) in [5.41, 5.74) is 1.61. The van der Waals surface area contributed by atoms with Gasteiger partial charge >= 0.3 is 11.9 Å². The van der Waals surface area contributed by atoms with Gasteiger partial charge in [-0.25, -0.2) is 9.59 Å². The van der Waals surface area contributed by atoms with Crippen LogP contribution in [0.15, 0.2) is 35.5 Å². The molecule has 0 aromatic rings. The Hall–Kier alpha value is -1.92. The van der Waals surface area contributed by atoms with Gasteiger partial charge in [-0.2, -0.15) is 0 Å². The number of hydrogen-bond acceptors (Lipinski definition) is 6. The minimum absolute atomic E-state index is 0.0516. The van der Waals surface area contributed by atoms with E-state index in [1.165, 1.54) is 6.92 Å². The molecular formula is C20H26O6. The summed E-state index contributed by atoms with van der Waals surface area (Å²) in [4.78, 5) is 24.5. The molecule has 6 nitrogen and oxygen atoms in total. The van der Waals surface area contributed by atoms with Crippen LogP contribution in [-0.4, -0.2) is 46.6 Å².